The Kier molecular flexibility index (Phi) is 8.46. The van der Waals surface area contributed by atoms with Gasteiger partial charge in [0.05, 0.1) is 22.2 Å². The molecule has 1 aliphatic heterocycles. The summed E-state index contributed by atoms with van der Waals surface area (Å²) >= 11 is 0. The van der Waals surface area contributed by atoms with Gasteiger partial charge in [-0.2, -0.15) is 0 Å². The van der Waals surface area contributed by atoms with Crippen LogP contribution in [-0.4, -0.2) is 59.5 Å². The lowest BCUT2D eigenvalue weighted by Crippen LogP contribution is -2.75. The molecule has 2 bridgehead atoms. The SMILES string of the molecule is CC(=O)O[C@@H]1[C@H](OC(C)=O)[C@@H](C)[C@@]23C[C@@H](C[C@H](OC(=O)/C=C/c4ccccc4)[C@]2(C)[C@H]1OC(=O)c1ccccc1)C(C)(C)O3. The molecular weight excluding hydrogens is 564 g/mol. The van der Waals surface area contributed by atoms with Crippen LogP contribution in [0.3, 0.4) is 0 Å². The lowest BCUT2D eigenvalue weighted by Gasteiger charge is -2.62. The highest BCUT2D eigenvalue weighted by molar-refractivity contribution is 5.89. The number of ether oxygens (including phenoxy) is 5. The third-order valence-corrected chi connectivity index (χ3v) is 9.82. The van der Waals surface area contributed by atoms with Gasteiger partial charge in [-0.05, 0) is 63.3 Å². The van der Waals surface area contributed by atoms with Gasteiger partial charge in [-0.15, -0.1) is 0 Å². The molecule has 0 radical (unpaired) electrons. The summed E-state index contributed by atoms with van der Waals surface area (Å²) in [7, 11) is 0. The van der Waals surface area contributed by atoms with E-state index in [9.17, 15) is 19.2 Å². The molecule has 1 spiro atoms. The minimum atomic E-state index is -1.21. The predicted octanol–water partition coefficient (Wildman–Crippen LogP) is 5.31. The van der Waals surface area contributed by atoms with Gasteiger partial charge in [0.25, 0.3) is 0 Å². The third kappa shape index (κ3) is 5.54. The van der Waals surface area contributed by atoms with Gasteiger partial charge in [-0.1, -0.05) is 55.5 Å². The summed E-state index contributed by atoms with van der Waals surface area (Å²) in [5.74, 6) is -3.00. The summed E-state index contributed by atoms with van der Waals surface area (Å²) in [6.45, 7) is 10.3. The van der Waals surface area contributed by atoms with E-state index in [-0.39, 0.29) is 11.5 Å². The number of hydrogen-bond acceptors (Lipinski definition) is 9. The molecule has 8 atom stereocenters. The predicted molar refractivity (Wildman–Crippen MR) is 160 cm³/mol. The molecule has 44 heavy (non-hydrogen) atoms. The maximum absolute atomic E-state index is 13.7. The fraction of sp³-hybridized carbons (Fsp3) is 0.486. The Morgan fingerprint density at radius 1 is 0.818 bits per heavy atom. The van der Waals surface area contributed by atoms with Crippen LogP contribution in [0, 0.1) is 17.3 Å². The van der Waals surface area contributed by atoms with Gasteiger partial charge in [0.1, 0.15) is 12.2 Å². The Bertz CT molecular complexity index is 1430. The van der Waals surface area contributed by atoms with Crippen molar-refractivity contribution in [2.24, 2.45) is 17.3 Å². The molecule has 0 amide bonds. The first-order valence-corrected chi connectivity index (χ1v) is 15.0. The molecule has 0 aromatic heterocycles. The molecule has 234 valence electrons. The molecule has 9 nitrogen and oxygen atoms in total. The topological polar surface area (TPSA) is 114 Å². The first-order chi connectivity index (χ1) is 20.8. The number of hydrogen-bond donors (Lipinski definition) is 0. The van der Waals surface area contributed by atoms with Crippen molar-refractivity contribution in [1.82, 2.24) is 0 Å². The minimum Gasteiger partial charge on any atom is -0.458 e. The molecule has 1 heterocycles. The van der Waals surface area contributed by atoms with Gasteiger partial charge >= 0.3 is 23.9 Å². The van der Waals surface area contributed by atoms with Crippen molar-refractivity contribution in [1.29, 1.82) is 0 Å². The Labute approximate surface area is 257 Å². The van der Waals surface area contributed by atoms with Crippen LogP contribution >= 0.6 is 0 Å². The maximum atomic E-state index is 13.7. The fourth-order valence-corrected chi connectivity index (χ4v) is 7.64. The lowest BCUT2D eigenvalue weighted by atomic mass is 9.49. The second-order valence-electron chi connectivity index (χ2n) is 12.8. The summed E-state index contributed by atoms with van der Waals surface area (Å²) in [5, 5.41) is 0. The Hall–Kier alpha value is -3.98. The van der Waals surface area contributed by atoms with E-state index >= 15 is 0 Å². The Morgan fingerprint density at radius 3 is 2.02 bits per heavy atom. The average Bonchev–Trinajstić information content (AvgIpc) is 3.22. The smallest absolute Gasteiger partial charge is 0.338 e. The highest BCUT2D eigenvalue weighted by Crippen LogP contribution is 2.67. The molecule has 9 heteroatoms. The third-order valence-electron chi connectivity index (χ3n) is 9.82. The molecule has 1 saturated heterocycles. The van der Waals surface area contributed by atoms with Gasteiger partial charge in [0.15, 0.2) is 12.2 Å². The van der Waals surface area contributed by atoms with E-state index in [0.29, 0.717) is 12.8 Å². The van der Waals surface area contributed by atoms with Crippen LogP contribution in [0.25, 0.3) is 6.08 Å². The van der Waals surface area contributed by atoms with Crippen LogP contribution in [0.4, 0.5) is 0 Å². The van der Waals surface area contributed by atoms with Crippen molar-refractivity contribution in [3.8, 4) is 0 Å². The number of esters is 4. The van der Waals surface area contributed by atoms with E-state index < -0.39 is 70.8 Å². The second-order valence-corrected chi connectivity index (χ2v) is 12.8. The monoisotopic (exact) mass is 604 g/mol. The summed E-state index contributed by atoms with van der Waals surface area (Å²) in [6, 6.07) is 17.8. The number of benzene rings is 2. The van der Waals surface area contributed by atoms with Crippen LogP contribution in [0.5, 0.6) is 0 Å². The molecule has 2 aromatic rings. The maximum Gasteiger partial charge on any atom is 0.338 e. The van der Waals surface area contributed by atoms with E-state index in [1.54, 1.807) is 36.4 Å². The van der Waals surface area contributed by atoms with Crippen LogP contribution < -0.4 is 0 Å². The molecule has 2 aliphatic carbocycles. The van der Waals surface area contributed by atoms with Gasteiger partial charge in [0.2, 0.25) is 0 Å². The summed E-state index contributed by atoms with van der Waals surface area (Å²) < 4.78 is 31.2. The van der Waals surface area contributed by atoms with Gasteiger partial charge in [0, 0.05) is 25.8 Å². The van der Waals surface area contributed by atoms with Crippen molar-refractivity contribution >= 4 is 30.0 Å². The molecular formula is C35H40O9. The zero-order chi connectivity index (χ0) is 31.9. The van der Waals surface area contributed by atoms with Crippen LogP contribution in [-0.2, 0) is 38.1 Å². The van der Waals surface area contributed by atoms with Gasteiger partial charge < -0.3 is 23.7 Å². The fourth-order valence-electron chi connectivity index (χ4n) is 7.64. The molecule has 2 aromatic carbocycles. The van der Waals surface area contributed by atoms with Gasteiger partial charge in [-0.3, -0.25) is 9.59 Å². The van der Waals surface area contributed by atoms with E-state index in [2.05, 4.69) is 0 Å². The lowest BCUT2D eigenvalue weighted by molar-refractivity contribution is -0.305. The quantitative estimate of drug-likeness (QED) is 0.236. The van der Waals surface area contributed by atoms with Crippen molar-refractivity contribution in [3.63, 3.8) is 0 Å². The molecule has 0 unspecified atom stereocenters. The van der Waals surface area contributed by atoms with E-state index in [4.69, 9.17) is 23.7 Å². The average molecular weight is 605 g/mol. The molecule has 2 saturated carbocycles. The van der Waals surface area contributed by atoms with Crippen molar-refractivity contribution in [3.05, 3.63) is 77.9 Å². The highest BCUT2D eigenvalue weighted by atomic mass is 16.6. The Balaban J connectivity index is 1.63. The van der Waals surface area contributed by atoms with Crippen molar-refractivity contribution in [2.75, 3.05) is 0 Å². The number of fused-ring (bicyclic) bond motifs is 1. The summed E-state index contributed by atoms with van der Waals surface area (Å²) in [6.07, 6.45) is -0.194. The minimum absolute atomic E-state index is 0.0253. The standard InChI is InChI=1S/C35H40O9/c1-21-29(40-22(2)36)30(41-23(3)37)31(43-32(39)25-15-11-8-12-16-25)34(6)27(19-26-20-35(21,34)44-33(26,4)5)42-28(38)18-17-24-13-9-7-10-14-24/h7-18,21,26-27,29-31H,19-20H2,1-6H3/b18-17+/t21-,26-,27+,29-,30-,31+,34-,35+/m1/s1. The van der Waals surface area contributed by atoms with E-state index in [0.717, 1.165) is 5.56 Å². The van der Waals surface area contributed by atoms with Crippen molar-refractivity contribution in [2.45, 2.75) is 90.0 Å². The second kappa shape index (κ2) is 11.8. The first-order valence-electron chi connectivity index (χ1n) is 15.0. The Morgan fingerprint density at radius 2 is 1.41 bits per heavy atom. The zero-order valence-electron chi connectivity index (χ0n) is 26.0. The van der Waals surface area contributed by atoms with Crippen LogP contribution in [0.2, 0.25) is 0 Å². The number of rotatable bonds is 7. The van der Waals surface area contributed by atoms with E-state index in [1.165, 1.54) is 19.9 Å². The van der Waals surface area contributed by atoms with Crippen molar-refractivity contribution < 1.29 is 42.9 Å². The number of carbonyl (C=O) groups is 4. The summed E-state index contributed by atoms with van der Waals surface area (Å²) in [4.78, 5) is 52.0. The first kappa shape index (κ1) is 31.4. The normalized spacial score (nSPS) is 33.6. The molecule has 3 fully saturated rings. The molecule has 3 aliphatic rings. The number of carbonyl (C=O) groups excluding carboxylic acids is 4. The van der Waals surface area contributed by atoms with Crippen LogP contribution in [0.1, 0.15) is 70.3 Å². The zero-order valence-corrected chi connectivity index (χ0v) is 26.0. The van der Waals surface area contributed by atoms with Crippen LogP contribution in [0.15, 0.2) is 66.7 Å². The van der Waals surface area contributed by atoms with Gasteiger partial charge in [-0.25, -0.2) is 9.59 Å². The largest absolute Gasteiger partial charge is 0.458 e. The van der Waals surface area contributed by atoms with E-state index in [1.807, 2.05) is 58.0 Å². The molecule has 5 rings (SSSR count). The summed E-state index contributed by atoms with van der Waals surface area (Å²) in [5.41, 5.74) is -1.81. The molecule has 0 N–H and O–H groups in total. The highest BCUT2D eigenvalue weighted by Gasteiger charge is 2.78.